The molecule has 1 aliphatic heterocycles. The number of likely N-dealkylation sites (tertiary alicyclic amines) is 1. The lowest BCUT2D eigenvalue weighted by Gasteiger charge is -2.33. The number of carboxylic acids is 1. The molecular formula is C20H38N4O5S. The molecule has 0 aromatic heterocycles. The molecule has 0 bridgehead atoms. The number of carboxylic acid groups (broad SMARTS) is 1. The van der Waals surface area contributed by atoms with Gasteiger partial charge in [-0.2, -0.15) is 17.9 Å². The van der Waals surface area contributed by atoms with Gasteiger partial charge in [0.25, 0.3) is 10.2 Å². The second kappa shape index (κ2) is 12.6. The summed E-state index contributed by atoms with van der Waals surface area (Å²) in [5.74, 6) is -1.12. The van der Waals surface area contributed by atoms with Gasteiger partial charge < -0.3 is 15.7 Å². The Labute approximate surface area is 180 Å². The molecule has 0 aromatic carbocycles. The van der Waals surface area contributed by atoms with E-state index in [-0.39, 0.29) is 12.3 Å². The van der Waals surface area contributed by atoms with Crippen LogP contribution in [0.2, 0.25) is 0 Å². The predicted octanol–water partition coefficient (Wildman–Crippen LogP) is 1.34. The van der Waals surface area contributed by atoms with Gasteiger partial charge in [-0.25, -0.2) is 0 Å². The average molecular weight is 447 g/mol. The summed E-state index contributed by atoms with van der Waals surface area (Å²) in [5, 5.41) is 9.38. The number of amides is 1. The molecule has 2 aliphatic rings. The molecule has 1 heterocycles. The second-order valence-electron chi connectivity index (χ2n) is 8.59. The maximum Gasteiger partial charge on any atom is 0.321 e. The number of unbranched alkanes of at least 4 members (excludes halogenated alkanes) is 1. The van der Waals surface area contributed by atoms with Crippen molar-refractivity contribution in [3.05, 3.63) is 0 Å². The number of aliphatic carboxylic acids is 1. The summed E-state index contributed by atoms with van der Waals surface area (Å²) >= 11 is 0. The SMILES string of the molecule is NCCCC[C@H](NS(=O)(=O)N[C@@H](CC1CCCCC1)C(=O)N1CCCCC1)C(=O)O. The zero-order valence-electron chi connectivity index (χ0n) is 17.9. The number of carbonyl (C=O) groups is 2. The third kappa shape index (κ3) is 8.49. The quantitative estimate of drug-likeness (QED) is 0.333. The van der Waals surface area contributed by atoms with Crippen LogP contribution in [0.4, 0.5) is 0 Å². The zero-order valence-corrected chi connectivity index (χ0v) is 18.7. The Morgan fingerprint density at radius 2 is 1.57 bits per heavy atom. The molecule has 174 valence electrons. The predicted molar refractivity (Wildman–Crippen MR) is 115 cm³/mol. The number of nitrogens with zero attached hydrogens (tertiary/aromatic N) is 1. The molecular weight excluding hydrogens is 408 g/mol. The molecule has 1 saturated heterocycles. The van der Waals surface area contributed by atoms with E-state index in [2.05, 4.69) is 9.44 Å². The summed E-state index contributed by atoms with van der Waals surface area (Å²) in [4.78, 5) is 26.4. The standard InChI is InChI=1S/C20H38N4O5S/c21-12-6-5-11-17(20(26)27)22-30(28,29)23-18(15-16-9-3-1-4-10-16)19(25)24-13-7-2-8-14-24/h16-18,22-23H,1-15,21H2,(H,26,27)/t17-,18-/m0/s1. The summed E-state index contributed by atoms with van der Waals surface area (Å²) in [6, 6.07) is -2.10. The van der Waals surface area contributed by atoms with Crippen LogP contribution in [0.15, 0.2) is 0 Å². The number of nitrogens with one attached hydrogen (secondary N) is 2. The third-order valence-corrected chi connectivity index (χ3v) is 7.29. The minimum Gasteiger partial charge on any atom is -0.480 e. The van der Waals surface area contributed by atoms with Crippen LogP contribution in [0.3, 0.4) is 0 Å². The van der Waals surface area contributed by atoms with Crippen molar-refractivity contribution in [2.45, 2.75) is 89.1 Å². The first-order chi connectivity index (χ1) is 14.3. The highest BCUT2D eigenvalue weighted by molar-refractivity contribution is 7.87. The van der Waals surface area contributed by atoms with Gasteiger partial charge in [-0.3, -0.25) is 9.59 Å². The maximum absolute atomic E-state index is 13.1. The first-order valence-corrected chi connectivity index (χ1v) is 12.8. The average Bonchev–Trinajstić information content (AvgIpc) is 2.73. The first-order valence-electron chi connectivity index (χ1n) is 11.3. The van der Waals surface area contributed by atoms with E-state index in [1.807, 2.05) is 0 Å². The van der Waals surface area contributed by atoms with Gasteiger partial charge in [0.2, 0.25) is 5.91 Å². The first kappa shape index (κ1) is 25.0. The molecule has 1 amide bonds. The molecule has 0 unspecified atom stereocenters. The Hall–Kier alpha value is -1.23. The van der Waals surface area contributed by atoms with Crippen molar-refractivity contribution in [3.63, 3.8) is 0 Å². The fraction of sp³-hybridized carbons (Fsp3) is 0.900. The molecule has 9 nitrogen and oxygen atoms in total. The minimum absolute atomic E-state index is 0.154. The monoisotopic (exact) mass is 446 g/mol. The van der Waals surface area contributed by atoms with Gasteiger partial charge in [-0.15, -0.1) is 0 Å². The third-order valence-electron chi connectivity index (χ3n) is 6.10. The lowest BCUT2D eigenvalue weighted by Crippen LogP contribution is -2.55. The van der Waals surface area contributed by atoms with Gasteiger partial charge in [0.05, 0.1) is 0 Å². The normalized spacial score (nSPS) is 20.6. The smallest absolute Gasteiger partial charge is 0.321 e. The van der Waals surface area contributed by atoms with E-state index in [9.17, 15) is 23.1 Å². The van der Waals surface area contributed by atoms with Crippen molar-refractivity contribution in [2.75, 3.05) is 19.6 Å². The second-order valence-corrected chi connectivity index (χ2v) is 10.1. The Bertz CT molecular complexity index is 646. The lowest BCUT2D eigenvalue weighted by atomic mass is 9.84. The molecule has 2 rings (SSSR count). The van der Waals surface area contributed by atoms with Gasteiger partial charge in [-0.05, 0) is 51.0 Å². The highest BCUT2D eigenvalue weighted by Gasteiger charge is 2.33. The molecule has 2 atom stereocenters. The molecule has 0 aromatic rings. The fourth-order valence-corrected chi connectivity index (χ4v) is 5.66. The molecule has 2 fully saturated rings. The highest BCUT2D eigenvalue weighted by atomic mass is 32.2. The van der Waals surface area contributed by atoms with E-state index in [4.69, 9.17) is 5.73 Å². The Kier molecular flexibility index (Phi) is 10.5. The largest absolute Gasteiger partial charge is 0.480 e. The van der Waals surface area contributed by atoms with Gasteiger partial charge in [0, 0.05) is 13.1 Å². The van der Waals surface area contributed by atoms with Crippen molar-refractivity contribution in [3.8, 4) is 0 Å². The van der Waals surface area contributed by atoms with Crippen LogP contribution >= 0.6 is 0 Å². The fourth-order valence-electron chi connectivity index (χ4n) is 4.42. The van der Waals surface area contributed by atoms with Crippen molar-refractivity contribution in [2.24, 2.45) is 11.7 Å². The van der Waals surface area contributed by atoms with Gasteiger partial charge in [0.1, 0.15) is 12.1 Å². The van der Waals surface area contributed by atoms with E-state index >= 15 is 0 Å². The molecule has 5 N–H and O–H groups in total. The highest BCUT2D eigenvalue weighted by Crippen LogP contribution is 2.28. The topological polar surface area (TPSA) is 142 Å². The summed E-state index contributed by atoms with van der Waals surface area (Å²) in [7, 11) is -4.16. The maximum atomic E-state index is 13.1. The molecule has 30 heavy (non-hydrogen) atoms. The molecule has 1 saturated carbocycles. The summed E-state index contributed by atoms with van der Waals surface area (Å²) in [6.45, 7) is 1.71. The van der Waals surface area contributed by atoms with Crippen molar-refractivity contribution < 1.29 is 23.1 Å². The number of hydrogen-bond acceptors (Lipinski definition) is 5. The van der Waals surface area contributed by atoms with Crippen LogP contribution in [0.1, 0.15) is 77.0 Å². The van der Waals surface area contributed by atoms with E-state index in [1.165, 1.54) is 6.42 Å². The number of carbonyl (C=O) groups excluding carboxylic acids is 1. The molecule has 10 heteroatoms. The van der Waals surface area contributed by atoms with Crippen molar-refractivity contribution in [1.82, 2.24) is 14.3 Å². The minimum atomic E-state index is -4.16. The molecule has 1 aliphatic carbocycles. The summed E-state index contributed by atoms with van der Waals surface area (Å²) < 4.78 is 30.2. The van der Waals surface area contributed by atoms with E-state index < -0.39 is 28.3 Å². The van der Waals surface area contributed by atoms with Crippen LogP contribution in [0.25, 0.3) is 0 Å². The number of piperidine rings is 1. The van der Waals surface area contributed by atoms with Crippen LogP contribution in [-0.2, 0) is 19.8 Å². The van der Waals surface area contributed by atoms with Crippen LogP contribution in [0, 0.1) is 5.92 Å². The van der Waals surface area contributed by atoms with E-state index in [0.717, 1.165) is 44.9 Å². The van der Waals surface area contributed by atoms with E-state index in [0.29, 0.717) is 44.8 Å². The van der Waals surface area contributed by atoms with Gasteiger partial charge >= 0.3 is 5.97 Å². The van der Waals surface area contributed by atoms with Crippen LogP contribution in [0.5, 0.6) is 0 Å². The Morgan fingerprint density at radius 1 is 0.967 bits per heavy atom. The summed E-state index contributed by atoms with van der Waals surface area (Å²) in [6.07, 6.45) is 10.0. The Morgan fingerprint density at radius 3 is 2.17 bits per heavy atom. The Balaban J connectivity index is 2.06. The van der Waals surface area contributed by atoms with Crippen LogP contribution in [-0.4, -0.2) is 62.0 Å². The number of rotatable bonds is 12. The van der Waals surface area contributed by atoms with E-state index in [1.54, 1.807) is 4.90 Å². The number of nitrogens with two attached hydrogens (primary N) is 1. The summed E-state index contributed by atoms with van der Waals surface area (Å²) in [5.41, 5.74) is 5.44. The van der Waals surface area contributed by atoms with Gasteiger partial charge in [0.15, 0.2) is 0 Å². The number of hydrogen-bond donors (Lipinski definition) is 4. The van der Waals surface area contributed by atoms with Crippen molar-refractivity contribution in [1.29, 1.82) is 0 Å². The molecule has 0 spiro atoms. The zero-order chi connectivity index (χ0) is 22.0. The van der Waals surface area contributed by atoms with Crippen LogP contribution < -0.4 is 15.2 Å². The van der Waals surface area contributed by atoms with Crippen molar-refractivity contribution >= 4 is 22.1 Å². The lowest BCUT2D eigenvalue weighted by molar-refractivity contribution is -0.139. The van der Waals surface area contributed by atoms with Gasteiger partial charge in [-0.1, -0.05) is 38.5 Å². The molecule has 0 radical (unpaired) electrons.